The molecule has 1 unspecified atom stereocenters. The summed E-state index contributed by atoms with van der Waals surface area (Å²) in [7, 11) is 1.56. The number of methoxy groups -OCH3 is 1. The lowest BCUT2D eigenvalue weighted by atomic mass is 10.00. The fraction of sp³-hybridized carbons (Fsp3) is 0.375. The summed E-state index contributed by atoms with van der Waals surface area (Å²) in [4.78, 5) is 15.9. The predicted octanol–water partition coefficient (Wildman–Crippen LogP) is 1.78. The van der Waals surface area contributed by atoms with E-state index in [1.165, 1.54) is 0 Å². The van der Waals surface area contributed by atoms with E-state index in [2.05, 4.69) is 4.99 Å². The Morgan fingerprint density at radius 1 is 1.32 bits per heavy atom. The topological polar surface area (TPSA) is 88.4 Å². The molecule has 6 heteroatoms. The van der Waals surface area contributed by atoms with Gasteiger partial charge < -0.3 is 19.7 Å². The molecule has 118 valence electrons. The summed E-state index contributed by atoms with van der Waals surface area (Å²) in [6, 6.07) is 7.02. The number of carbonyl (C=O) groups excluding carboxylic acids is 1. The molecule has 0 bridgehead atoms. The van der Waals surface area contributed by atoms with Gasteiger partial charge >= 0.3 is 5.97 Å². The summed E-state index contributed by atoms with van der Waals surface area (Å²) < 4.78 is 9.94. The maximum absolute atomic E-state index is 11.8. The average Bonchev–Trinajstić information content (AvgIpc) is 2.69. The van der Waals surface area contributed by atoms with Crippen LogP contribution in [0.4, 0.5) is 0 Å². The van der Waals surface area contributed by atoms with Crippen LogP contribution in [-0.2, 0) is 16.0 Å². The first-order chi connectivity index (χ1) is 10.4. The Bertz CT molecular complexity index is 632. The second-order valence-electron chi connectivity index (χ2n) is 4.98. The highest BCUT2D eigenvalue weighted by Gasteiger charge is 2.42. The van der Waals surface area contributed by atoms with Gasteiger partial charge in [-0.15, -0.1) is 0 Å². The fourth-order valence-electron chi connectivity index (χ4n) is 2.36. The highest BCUT2D eigenvalue weighted by molar-refractivity contribution is 6.20. The van der Waals surface area contributed by atoms with Gasteiger partial charge in [-0.05, 0) is 31.5 Å². The highest BCUT2D eigenvalue weighted by atomic mass is 16.5. The van der Waals surface area contributed by atoms with Crippen molar-refractivity contribution < 1.29 is 24.5 Å². The van der Waals surface area contributed by atoms with Crippen LogP contribution in [0.3, 0.4) is 0 Å². The molecule has 22 heavy (non-hydrogen) atoms. The average molecular weight is 305 g/mol. The molecule has 0 fully saturated rings. The zero-order valence-corrected chi connectivity index (χ0v) is 12.8. The van der Waals surface area contributed by atoms with E-state index in [4.69, 9.17) is 9.47 Å². The molecule has 0 spiro atoms. The van der Waals surface area contributed by atoms with Crippen molar-refractivity contribution in [3.63, 3.8) is 0 Å². The molecule has 1 aliphatic rings. The van der Waals surface area contributed by atoms with E-state index in [-0.39, 0.29) is 24.3 Å². The number of aliphatic imine (C=N–C) groups is 1. The van der Waals surface area contributed by atoms with Gasteiger partial charge in [0.1, 0.15) is 11.3 Å². The molecule has 2 rings (SSSR count). The molecule has 2 N–H and O–H groups in total. The van der Waals surface area contributed by atoms with Gasteiger partial charge in [0, 0.05) is 6.42 Å². The summed E-state index contributed by atoms with van der Waals surface area (Å²) >= 11 is 0. The third-order valence-electron chi connectivity index (χ3n) is 3.42. The number of aliphatic hydroxyl groups excluding tert-OH is 1. The Morgan fingerprint density at radius 2 is 1.95 bits per heavy atom. The Balaban J connectivity index is 2.27. The largest absolute Gasteiger partial charge is 0.506 e. The lowest BCUT2D eigenvalue weighted by molar-refractivity contribution is -0.138. The number of nitrogens with zero attached hydrogens (tertiary/aromatic N) is 1. The minimum absolute atomic E-state index is 0.0447. The van der Waals surface area contributed by atoms with Gasteiger partial charge in [0.15, 0.2) is 5.76 Å². The number of carbonyl (C=O) groups is 1. The summed E-state index contributed by atoms with van der Waals surface area (Å²) in [5.41, 5.74) is -0.915. The van der Waals surface area contributed by atoms with Gasteiger partial charge in [0.05, 0.1) is 19.4 Å². The van der Waals surface area contributed by atoms with Gasteiger partial charge in [-0.3, -0.25) is 0 Å². The summed E-state index contributed by atoms with van der Waals surface area (Å²) in [6.45, 7) is 3.40. The van der Waals surface area contributed by atoms with Crippen molar-refractivity contribution in [2.45, 2.75) is 26.0 Å². The van der Waals surface area contributed by atoms with Crippen LogP contribution in [0.2, 0.25) is 0 Å². The van der Waals surface area contributed by atoms with E-state index in [0.717, 1.165) is 5.56 Å². The van der Waals surface area contributed by atoms with Crippen molar-refractivity contribution in [3.05, 3.63) is 41.2 Å². The third-order valence-corrected chi connectivity index (χ3v) is 3.42. The van der Waals surface area contributed by atoms with E-state index < -0.39 is 17.5 Å². The Kier molecular flexibility index (Phi) is 4.51. The monoisotopic (exact) mass is 305 g/mol. The normalized spacial score (nSPS) is 20.8. The van der Waals surface area contributed by atoms with Crippen LogP contribution < -0.4 is 4.74 Å². The molecule has 0 saturated heterocycles. The van der Waals surface area contributed by atoms with Crippen LogP contribution in [0.5, 0.6) is 5.75 Å². The molecule has 6 nitrogen and oxygen atoms in total. The molecular weight excluding hydrogens is 286 g/mol. The molecule has 1 aromatic carbocycles. The number of rotatable bonds is 5. The molecule has 1 aromatic rings. The summed E-state index contributed by atoms with van der Waals surface area (Å²) in [5, 5.41) is 20.8. The van der Waals surface area contributed by atoms with E-state index in [0.29, 0.717) is 5.75 Å². The van der Waals surface area contributed by atoms with Crippen LogP contribution in [0.1, 0.15) is 19.4 Å². The van der Waals surface area contributed by atoms with Crippen LogP contribution >= 0.6 is 0 Å². The number of esters is 1. The highest BCUT2D eigenvalue weighted by Crippen LogP contribution is 2.32. The van der Waals surface area contributed by atoms with Crippen molar-refractivity contribution in [3.8, 4) is 5.75 Å². The lowest BCUT2D eigenvalue weighted by Gasteiger charge is -2.20. The SMILES string of the molecule is CCOC(=O)C1=C(O)C(O)(Cc2ccc(OC)cc2)N=C1C. The molecule has 0 radical (unpaired) electrons. The molecule has 0 saturated carbocycles. The summed E-state index contributed by atoms with van der Waals surface area (Å²) in [6.07, 6.45) is 0.0447. The lowest BCUT2D eigenvalue weighted by Crippen LogP contribution is -2.30. The number of hydrogen-bond donors (Lipinski definition) is 2. The number of benzene rings is 1. The smallest absolute Gasteiger partial charge is 0.343 e. The van der Waals surface area contributed by atoms with E-state index in [1.54, 1.807) is 45.2 Å². The molecule has 1 atom stereocenters. The second kappa shape index (κ2) is 6.19. The zero-order valence-electron chi connectivity index (χ0n) is 12.8. The van der Waals surface area contributed by atoms with Crippen LogP contribution in [0.25, 0.3) is 0 Å². The maximum Gasteiger partial charge on any atom is 0.343 e. The Labute approximate surface area is 128 Å². The number of aliphatic hydroxyl groups is 2. The van der Waals surface area contributed by atoms with E-state index in [9.17, 15) is 15.0 Å². The van der Waals surface area contributed by atoms with Crippen molar-refractivity contribution in [2.75, 3.05) is 13.7 Å². The minimum atomic E-state index is -1.85. The fourth-order valence-corrected chi connectivity index (χ4v) is 2.36. The first-order valence-corrected chi connectivity index (χ1v) is 6.94. The zero-order chi connectivity index (χ0) is 16.3. The standard InChI is InChI=1S/C16H19NO5/c1-4-22-15(19)13-10(2)17-16(20,14(13)18)9-11-5-7-12(21-3)8-6-11/h5-8,18,20H,4,9H2,1-3H3. The number of hydrogen-bond acceptors (Lipinski definition) is 6. The van der Waals surface area contributed by atoms with Crippen molar-refractivity contribution in [2.24, 2.45) is 4.99 Å². The molecule has 0 aromatic heterocycles. The number of ether oxygens (including phenoxy) is 2. The first kappa shape index (κ1) is 16.0. The molecule has 0 aliphatic carbocycles. The summed E-state index contributed by atoms with van der Waals surface area (Å²) in [5.74, 6) is -0.472. The minimum Gasteiger partial charge on any atom is -0.506 e. The Morgan fingerprint density at radius 3 is 2.50 bits per heavy atom. The predicted molar refractivity (Wildman–Crippen MR) is 81.0 cm³/mol. The van der Waals surface area contributed by atoms with Crippen molar-refractivity contribution in [1.29, 1.82) is 0 Å². The maximum atomic E-state index is 11.8. The quantitative estimate of drug-likeness (QED) is 0.809. The van der Waals surface area contributed by atoms with E-state index >= 15 is 0 Å². The van der Waals surface area contributed by atoms with Crippen molar-refractivity contribution in [1.82, 2.24) is 0 Å². The van der Waals surface area contributed by atoms with Crippen molar-refractivity contribution >= 4 is 11.7 Å². The van der Waals surface area contributed by atoms with Gasteiger partial charge in [-0.25, -0.2) is 9.79 Å². The van der Waals surface area contributed by atoms with Gasteiger partial charge in [0.2, 0.25) is 5.72 Å². The van der Waals surface area contributed by atoms with Gasteiger partial charge in [0.25, 0.3) is 0 Å². The first-order valence-electron chi connectivity index (χ1n) is 6.94. The van der Waals surface area contributed by atoms with Crippen LogP contribution in [-0.4, -0.2) is 41.3 Å². The molecule has 1 heterocycles. The van der Waals surface area contributed by atoms with Gasteiger partial charge in [-0.1, -0.05) is 12.1 Å². The van der Waals surface area contributed by atoms with Gasteiger partial charge in [-0.2, -0.15) is 0 Å². The second-order valence-corrected chi connectivity index (χ2v) is 4.98. The third kappa shape index (κ3) is 2.96. The van der Waals surface area contributed by atoms with E-state index in [1.807, 2.05) is 0 Å². The Hall–Kier alpha value is -2.34. The van der Waals surface area contributed by atoms with Crippen LogP contribution in [0.15, 0.2) is 40.6 Å². The molecular formula is C16H19NO5. The van der Waals surface area contributed by atoms with Crippen LogP contribution in [0, 0.1) is 0 Å². The molecule has 1 aliphatic heterocycles. The molecule has 0 amide bonds.